The molecule has 1 unspecified atom stereocenters. The Balaban J connectivity index is 2.45. The average Bonchev–Trinajstić information content (AvgIpc) is 2.30. The quantitative estimate of drug-likeness (QED) is 0.669. The van der Waals surface area contributed by atoms with Gasteiger partial charge in [0.2, 0.25) is 0 Å². The van der Waals surface area contributed by atoms with Crippen molar-refractivity contribution in [3.63, 3.8) is 0 Å². The lowest BCUT2D eigenvalue weighted by molar-refractivity contribution is -0.138. The van der Waals surface area contributed by atoms with Crippen molar-refractivity contribution in [1.82, 2.24) is 5.32 Å². The van der Waals surface area contributed by atoms with Gasteiger partial charge in [0.15, 0.2) is 0 Å². The van der Waals surface area contributed by atoms with Gasteiger partial charge in [0.1, 0.15) is 6.04 Å². The third-order valence-corrected chi connectivity index (χ3v) is 3.22. The molecule has 1 aromatic rings. The second-order valence-electron chi connectivity index (χ2n) is 4.77. The van der Waals surface area contributed by atoms with E-state index in [-0.39, 0.29) is 0 Å². The van der Waals surface area contributed by atoms with E-state index in [0.29, 0.717) is 13.0 Å². The van der Waals surface area contributed by atoms with Crippen LogP contribution in [-0.2, 0) is 11.3 Å². The van der Waals surface area contributed by atoms with Gasteiger partial charge in [0.25, 0.3) is 0 Å². The van der Waals surface area contributed by atoms with Crippen LogP contribution in [0.15, 0.2) is 12.1 Å². The molecule has 4 heteroatoms. The molecule has 0 amide bonds. The highest BCUT2D eigenvalue weighted by Gasteiger charge is 2.10. The predicted octanol–water partition coefficient (Wildman–Crippen LogP) is 1.50. The molecule has 0 aliphatic rings. The Hall–Kier alpha value is -1.39. The number of benzene rings is 1. The van der Waals surface area contributed by atoms with E-state index in [4.69, 9.17) is 10.8 Å². The molecule has 0 saturated carbocycles. The van der Waals surface area contributed by atoms with Crippen LogP contribution in [0.3, 0.4) is 0 Å². The minimum Gasteiger partial charge on any atom is -0.480 e. The largest absolute Gasteiger partial charge is 0.480 e. The fourth-order valence-electron chi connectivity index (χ4n) is 1.81. The molecule has 0 aliphatic carbocycles. The van der Waals surface area contributed by atoms with Gasteiger partial charge in [0, 0.05) is 6.54 Å². The van der Waals surface area contributed by atoms with E-state index in [1.165, 1.54) is 22.3 Å². The van der Waals surface area contributed by atoms with E-state index in [2.05, 4.69) is 38.2 Å². The van der Waals surface area contributed by atoms with Gasteiger partial charge in [-0.1, -0.05) is 12.1 Å². The van der Waals surface area contributed by atoms with Crippen LogP contribution < -0.4 is 11.1 Å². The maximum atomic E-state index is 10.5. The molecule has 18 heavy (non-hydrogen) atoms. The van der Waals surface area contributed by atoms with Crippen molar-refractivity contribution in [1.29, 1.82) is 0 Å². The summed E-state index contributed by atoms with van der Waals surface area (Å²) in [6, 6.07) is 3.57. The van der Waals surface area contributed by atoms with Crippen LogP contribution in [0.4, 0.5) is 0 Å². The molecule has 0 aromatic heterocycles. The summed E-state index contributed by atoms with van der Waals surface area (Å²) >= 11 is 0. The molecule has 100 valence electrons. The first-order valence-electron chi connectivity index (χ1n) is 6.17. The van der Waals surface area contributed by atoms with Crippen molar-refractivity contribution in [2.24, 2.45) is 5.73 Å². The number of carboxylic acids is 1. The summed E-state index contributed by atoms with van der Waals surface area (Å²) in [7, 11) is 0. The smallest absolute Gasteiger partial charge is 0.320 e. The topological polar surface area (TPSA) is 75.3 Å². The normalized spacial score (nSPS) is 12.4. The van der Waals surface area contributed by atoms with Crippen LogP contribution in [0.2, 0.25) is 0 Å². The van der Waals surface area contributed by atoms with Crippen molar-refractivity contribution in [2.45, 2.75) is 39.8 Å². The number of rotatable bonds is 6. The van der Waals surface area contributed by atoms with Gasteiger partial charge in [-0.25, -0.2) is 0 Å². The van der Waals surface area contributed by atoms with Crippen molar-refractivity contribution < 1.29 is 9.90 Å². The fraction of sp³-hybridized carbons (Fsp3) is 0.500. The zero-order valence-electron chi connectivity index (χ0n) is 11.3. The lowest BCUT2D eigenvalue weighted by atomic mass is 10.0. The Labute approximate surface area is 108 Å². The second-order valence-corrected chi connectivity index (χ2v) is 4.77. The van der Waals surface area contributed by atoms with Crippen molar-refractivity contribution in [3.8, 4) is 0 Å². The lowest BCUT2D eigenvalue weighted by Gasteiger charge is -2.12. The van der Waals surface area contributed by atoms with Crippen LogP contribution in [0.1, 0.15) is 28.7 Å². The van der Waals surface area contributed by atoms with Crippen LogP contribution in [0.5, 0.6) is 0 Å². The van der Waals surface area contributed by atoms with E-state index in [9.17, 15) is 4.79 Å². The van der Waals surface area contributed by atoms with Gasteiger partial charge in [-0.2, -0.15) is 0 Å². The second kappa shape index (κ2) is 6.52. The fourth-order valence-corrected chi connectivity index (χ4v) is 1.81. The van der Waals surface area contributed by atoms with Crippen molar-refractivity contribution >= 4 is 5.97 Å². The zero-order valence-corrected chi connectivity index (χ0v) is 11.3. The van der Waals surface area contributed by atoms with E-state index in [1.54, 1.807) is 0 Å². The summed E-state index contributed by atoms with van der Waals surface area (Å²) in [4.78, 5) is 10.5. The summed E-state index contributed by atoms with van der Waals surface area (Å²) in [5.74, 6) is -0.945. The minimum atomic E-state index is -0.945. The molecule has 0 saturated heterocycles. The maximum Gasteiger partial charge on any atom is 0.320 e. The highest BCUT2D eigenvalue weighted by Crippen LogP contribution is 2.14. The molecule has 0 aliphatic heterocycles. The average molecular weight is 250 g/mol. The van der Waals surface area contributed by atoms with Gasteiger partial charge in [-0.3, -0.25) is 4.79 Å². The van der Waals surface area contributed by atoms with Crippen molar-refractivity contribution in [2.75, 3.05) is 6.54 Å². The van der Waals surface area contributed by atoms with Gasteiger partial charge >= 0.3 is 5.97 Å². The molecule has 1 aromatic carbocycles. The Bertz CT molecular complexity index is 430. The van der Waals surface area contributed by atoms with Gasteiger partial charge < -0.3 is 16.2 Å². The number of aryl methyl sites for hydroxylation is 3. The summed E-state index contributed by atoms with van der Waals surface area (Å²) in [6.07, 6.45) is 0.444. The van der Waals surface area contributed by atoms with E-state index in [0.717, 1.165) is 6.54 Å². The third kappa shape index (κ3) is 4.13. The first-order valence-corrected chi connectivity index (χ1v) is 6.17. The predicted molar refractivity (Wildman–Crippen MR) is 72.6 cm³/mol. The lowest BCUT2D eigenvalue weighted by Crippen LogP contribution is -2.33. The molecule has 1 rings (SSSR count). The van der Waals surface area contributed by atoms with Gasteiger partial charge in [-0.15, -0.1) is 0 Å². The standard InChI is InChI=1S/C14H22N2O2/c1-9-6-11(3)12(7-10(9)2)8-16-5-4-13(15)14(17)18/h6-7,13,16H,4-5,8,15H2,1-3H3,(H,17,18). The first kappa shape index (κ1) is 14.7. The molecule has 0 spiro atoms. The third-order valence-electron chi connectivity index (χ3n) is 3.22. The van der Waals surface area contributed by atoms with Crippen molar-refractivity contribution in [3.05, 3.63) is 34.4 Å². The number of nitrogens with two attached hydrogens (primary N) is 1. The zero-order chi connectivity index (χ0) is 13.7. The number of aliphatic carboxylic acids is 1. The molecular formula is C14H22N2O2. The Morgan fingerprint density at radius 1 is 1.28 bits per heavy atom. The first-order chi connectivity index (χ1) is 8.41. The van der Waals surface area contributed by atoms with Crippen LogP contribution in [-0.4, -0.2) is 23.7 Å². The molecular weight excluding hydrogens is 228 g/mol. The number of nitrogens with one attached hydrogen (secondary N) is 1. The molecule has 0 fully saturated rings. The van der Waals surface area contributed by atoms with Crippen LogP contribution in [0.25, 0.3) is 0 Å². The molecule has 4 nitrogen and oxygen atoms in total. The maximum absolute atomic E-state index is 10.5. The summed E-state index contributed by atoms with van der Waals surface area (Å²) in [6.45, 7) is 7.65. The Morgan fingerprint density at radius 2 is 1.89 bits per heavy atom. The van der Waals surface area contributed by atoms with Gasteiger partial charge in [0.05, 0.1) is 0 Å². The molecule has 1 atom stereocenters. The molecule has 0 bridgehead atoms. The number of carbonyl (C=O) groups is 1. The Morgan fingerprint density at radius 3 is 2.50 bits per heavy atom. The summed E-state index contributed by atoms with van der Waals surface area (Å²) in [5, 5.41) is 11.9. The highest BCUT2D eigenvalue weighted by atomic mass is 16.4. The Kier molecular flexibility index (Phi) is 5.31. The molecule has 0 heterocycles. The monoisotopic (exact) mass is 250 g/mol. The SMILES string of the molecule is Cc1cc(C)c(CNCCC(N)C(=O)O)cc1C. The van der Waals surface area contributed by atoms with Gasteiger partial charge in [-0.05, 0) is 56.0 Å². The molecule has 4 N–H and O–H groups in total. The molecule has 0 radical (unpaired) electrons. The van der Waals surface area contributed by atoms with E-state index in [1.807, 2.05) is 0 Å². The van der Waals surface area contributed by atoms with Crippen LogP contribution in [0, 0.1) is 20.8 Å². The summed E-state index contributed by atoms with van der Waals surface area (Å²) in [5.41, 5.74) is 10.5. The minimum absolute atomic E-state index is 0.444. The van der Waals surface area contributed by atoms with E-state index >= 15 is 0 Å². The van der Waals surface area contributed by atoms with E-state index < -0.39 is 12.0 Å². The highest BCUT2D eigenvalue weighted by molar-refractivity contribution is 5.72. The summed E-state index contributed by atoms with van der Waals surface area (Å²) < 4.78 is 0. The number of hydrogen-bond acceptors (Lipinski definition) is 3. The van der Waals surface area contributed by atoms with Crippen LogP contribution >= 0.6 is 0 Å². The number of hydrogen-bond donors (Lipinski definition) is 3. The number of carboxylic acid groups (broad SMARTS) is 1.